The van der Waals surface area contributed by atoms with Gasteiger partial charge in [0.15, 0.2) is 0 Å². The van der Waals surface area contributed by atoms with Gasteiger partial charge in [0.05, 0.1) is 22.7 Å². The first-order valence-corrected chi connectivity index (χ1v) is 8.86. The van der Waals surface area contributed by atoms with Crippen molar-refractivity contribution in [3.63, 3.8) is 0 Å². The zero-order valence-electron chi connectivity index (χ0n) is 12.6. The third kappa shape index (κ3) is 4.49. The summed E-state index contributed by atoms with van der Waals surface area (Å²) < 4.78 is 27.5. The van der Waals surface area contributed by atoms with Crippen LogP contribution < -0.4 is 4.72 Å². The van der Waals surface area contributed by atoms with Gasteiger partial charge in [-0.05, 0) is 13.8 Å². The Balaban J connectivity index is 2.08. The van der Waals surface area contributed by atoms with Gasteiger partial charge in [-0.3, -0.25) is 19.4 Å². The summed E-state index contributed by atoms with van der Waals surface area (Å²) in [7, 11) is -3.83. The van der Waals surface area contributed by atoms with Gasteiger partial charge in [-0.1, -0.05) is 11.6 Å². The summed E-state index contributed by atoms with van der Waals surface area (Å²) in [4.78, 5) is 20.1. The molecule has 0 aromatic carbocycles. The van der Waals surface area contributed by atoms with Crippen molar-refractivity contribution in [1.82, 2.24) is 24.5 Å². The van der Waals surface area contributed by atoms with Crippen LogP contribution in [-0.2, 0) is 16.4 Å². The molecule has 0 unspecified atom stereocenters. The summed E-state index contributed by atoms with van der Waals surface area (Å²) in [5.74, 6) is -1.09. The molecule has 2 rings (SSSR count). The van der Waals surface area contributed by atoms with Crippen LogP contribution in [0.15, 0.2) is 24.8 Å². The molecule has 0 aliphatic heterocycles. The van der Waals surface area contributed by atoms with Crippen molar-refractivity contribution in [2.75, 3.05) is 5.75 Å². The predicted octanol–water partition coefficient (Wildman–Crippen LogP) is 1.21. The molecule has 0 radical (unpaired) electrons. The predicted molar refractivity (Wildman–Crippen MR) is 84.6 cm³/mol. The highest BCUT2D eigenvalue weighted by Gasteiger charge is 2.23. The van der Waals surface area contributed by atoms with Gasteiger partial charge in [0, 0.05) is 31.1 Å². The van der Waals surface area contributed by atoms with Gasteiger partial charge in [-0.15, -0.1) is 0 Å². The third-order valence-electron chi connectivity index (χ3n) is 2.95. The van der Waals surface area contributed by atoms with Crippen molar-refractivity contribution in [1.29, 1.82) is 0 Å². The van der Waals surface area contributed by atoms with E-state index in [0.717, 1.165) is 0 Å². The zero-order chi connectivity index (χ0) is 17.0. The summed E-state index contributed by atoms with van der Waals surface area (Å²) in [6.45, 7) is 3.62. The molecule has 1 N–H and O–H groups in total. The minimum atomic E-state index is -3.83. The highest BCUT2D eigenvalue weighted by molar-refractivity contribution is 7.90. The molecule has 8 nitrogen and oxygen atoms in total. The lowest BCUT2D eigenvalue weighted by molar-refractivity contribution is 0.0969. The Bertz CT molecular complexity index is 789. The lowest BCUT2D eigenvalue weighted by atomic mass is 10.3. The molecular formula is C13H16ClN5O3S. The van der Waals surface area contributed by atoms with Crippen LogP contribution in [-0.4, -0.2) is 39.8 Å². The molecule has 23 heavy (non-hydrogen) atoms. The fraction of sp³-hybridized carbons (Fsp3) is 0.385. The number of hydrogen-bond acceptors (Lipinski definition) is 6. The number of sulfonamides is 1. The molecule has 10 heteroatoms. The second kappa shape index (κ2) is 7.05. The van der Waals surface area contributed by atoms with E-state index in [0.29, 0.717) is 5.69 Å². The number of nitrogens with zero attached hydrogens (tertiary/aromatic N) is 4. The van der Waals surface area contributed by atoms with E-state index in [1.54, 1.807) is 0 Å². The van der Waals surface area contributed by atoms with Crippen LogP contribution in [0.1, 0.15) is 36.1 Å². The Morgan fingerprint density at radius 2 is 2.09 bits per heavy atom. The van der Waals surface area contributed by atoms with E-state index < -0.39 is 15.9 Å². The largest absolute Gasteiger partial charge is 0.284 e. The van der Waals surface area contributed by atoms with Crippen molar-refractivity contribution in [2.45, 2.75) is 26.3 Å². The lowest BCUT2D eigenvalue weighted by Crippen LogP contribution is -2.35. The Morgan fingerprint density at radius 1 is 1.35 bits per heavy atom. The molecule has 2 heterocycles. The van der Waals surface area contributed by atoms with Gasteiger partial charge in [-0.2, -0.15) is 5.10 Å². The number of hydrogen-bond donors (Lipinski definition) is 1. The van der Waals surface area contributed by atoms with Gasteiger partial charge in [0.2, 0.25) is 10.0 Å². The molecule has 124 valence electrons. The van der Waals surface area contributed by atoms with Crippen molar-refractivity contribution < 1.29 is 13.2 Å². The van der Waals surface area contributed by atoms with Gasteiger partial charge in [0.25, 0.3) is 5.91 Å². The number of halogens is 1. The average molecular weight is 358 g/mol. The van der Waals surface area contributed by atoms with Gasteiger partial charge in [0.1, 0.15) is 5.69 Å². The van der Waals surface area contributed by atoms with Crippen LogP contribution >= 0.6 is 11.6 Å². The number of aromatic nitrogens is 4. The second-order valence-electron chi connectivity index (χ2n) is 5.08. The maximum absolute atomic E-state index is 12.2. The monoisotopic (exact) mass is 357 g/mol. The Hall–Kier alpha value is -2.00. The maximum atomic E-state index is 12.2. The molecule has 0 spiro atoms. The van der Waals surface area contributed by atoms with E-state index in [4.69, 9.17) is 11.6 Å². The lowest BCUT2D eigenvalue weighted by Gasteiger charge is -2.11. The van der Waals surface area contributed by atoms with Crippen molar-refractivity contribution in [3.05, 3.63) is 41.2 Å². The molecular weight excluding hydrogens is 342 g/mol. The molecule has 0 saturated heterocycles. The third-order valence-corrected chi connectivity index (χ3v) is 4.46. The smallest absolute Gasteiger partial charge is 0.266 e. The topological polar surface area (TPSA) is 107 Å². The van der Waals surface area contributed by atoms with Crippen molar-refractivity contribution >= 4 is 27.5 Å². The zero-order valence-corrected chi connectivity index (χ0v) is 14.2. The van der Waals surface area contributed by atoms with Crippen LogP contribution in [0.2, 0.25) is 5.02 Å². The number of amides is 1. The van der Waals surface area contributed by atoms with Crippen LogP contribution in [0.25, 0.3) is 0 Å². The molecule has 2 aromatic heterocycles. The number of carbonyl (C=O) groups excluding carboxylic acids is 1. The number of aryl methyl sites for hydroxylation is 1. The maximum Gasteiger partial charge on any atom is 0.284 e. The summed E-state index contributed by atoms with van der Waals surface area (Å²) in [5.41, 5.74) is 0.542. The minimum absolute atomic E-state index is 0.0183. The first-order valence-electron chi connectivity index (χ1n) is 6.83. The second-order valence-corrected chi connectivity index (χ2v) is 7.33. The van der Waals surface area contributed by atoms with Crippen LogP contribution in [0, 0.1) is 0 Å². The molecule has 1 amide bonds. The highest BCUT2D eigenvalue weighted by Crippen LogP contribution is 2.19. The van der Waals surface area contributed by atoms with Crippen LogP contribution in [0.3, 0.4) is 0 Å². The first kappa shape index (κ1) is 17.4. The van der Waals surface area contributed by atoms with Crippen molar-refractivity contribution in [2.24, 2.45) is 0 Å². The molecule has 0 saturated carbocycles. The molecule has 0 bridgehead atoms. The van der Waals surface area contributed by atoms with E-state index in [-0.39, 0.29) is 28.9 Å². The quantitative estimate of drug-likeness (QED) is 0.832. The highest BCUT2D eigenvalue weighted by atomic mass is 35.5. The molecule has 0 aliphatic carbocycles. The molecule has 2 aromatic rings. The van der Waals surface area contributed by atoms with E-state index >= 15 is 0 Å². The summed E-state index contributed by atoms with van der Waals surface area (Å²) >= 11 is 5.93. The number of nitrogens with one attached hydrogen (secondary N) is 1. The van der Waals surface area contributed by atoms with Gasteiger partial charge in [-0.25, -0.2) is 13.1 Å². The van der Waals surface area contributed by atoms with E-state index in [9.17, 15) is 13.2 Å². The average Bonchev–Trinajstić information content (AvgIpc) is 2.88. The van der Waals surface area contributed by atoms with E-state index in [1.165, 1.54) is 29.5 Å². The van der Waals surface area contributed by atoms with Gasteiger partial charge >= 0.3 is 0 Å². The fourth-order valence-corrected chi connectivity index (χ4v) is 3.06. The summed E-state index contributed by atoms with van der Waals surface area (Å²) in [6, 6.07) is -0.134. The van der Waals surface area contributed by atoms with Crippen LogP contribution in [0.5, 0.6) is 0 Å². The summed E-state index contributed by atoms with van der Waals surface area (Å²) in [5, 5.41) is 4.07. The standard InChI is InChI=1S/C13H16ClN5O3S/c1-9(2)19-12(11(14)8-17-19)13(20)18-23(21,22)6-3-10-7-15-4-5-16-10/h4-5,7-9H,3,6H2,1-2H3,(H,18,20). The normalized spacial score (nSPS) is 11.7. The SMILES string of the molecule is CC(C)n1ncc(Cl)c1C(=O)NS(=O)(=O)CCc1cnccn1. The molecule has 0 fully saturated rings. The Kier molecular flexibility index (Phi) is 5.32. The summed E-state index contributed by atoms with van der Waals surface area (Å²) in [6.07, 6.45) is 5.90. The van der Waals surface area contributed by atoms with Crippen molar-refractivity contribution in [3.8, 4) is 0 Å². The van der Waals surface area contributed by atoms with Crippen LogP contribution in [0.4, 0.5) is 0 Å². The Labute approximate surface area is 139 Å². The fourth-order valence-electron chi connectivity index (χ4n) is 1.88. The minimum Gasteiger partial charge on any atom is -0.266 e. The molecule has 0 aliphatic rings. The first-order chi connectivity index (χ1) is 10.8. The Morgan fingerprint density at radius 3 is 2.70 bits per heavy atom. The van der Waals surface area contributed by atoms with E-state index in [1.807, 2.05) is 18.6 Å². The van der Waals surface area contributed by atoms with Gasteiger partial charge < -0.3 is 0 Å². The molecule has 0 atom stereocenters. The number of rotatable bonds is 6. The number of carbonyl (C=O) groups is 1. The van der Waals surface area contributed by atoms with E-state index in [2.05, 4.69) is 15.1 Å².